The van der Waals surface area contributed by atoms with Crippen molar-refractivity contribution in [1.29, 1.82) is 0 Å². The third-order valence-corrected chi connectivity index (χ3v) is 3.83. The Morgan fingerprint density at radius 2 is 1.90 bits per heavy atom. The SMILES string of the molecule is Cc1ccc(C(C)C)c(OCc2ncc(C)c(N)c2C)c1. The largest absolute Gasteiger partial charge is 0.487 e. The Balaban J connectivity index is 2.24. The lowest BCUT2D eigenvalue weighted by molar-refractivity contribution is 0.296. The molecule has 0 fully saturated rings. The maximum Gasteiger partial charge on any atom is 0.131 e. The molecular formula is C18H24N2O. The summed E-state index contributed by atoms with van der Waals surface area (Å²) in [7, 11) is 0. The molecule has 3 nitrogen and oxygen atoms in total. The first-order valence-electron chi connectivity index (χ1n) is 7.34. The van der Waals surface area contributed by atoms with Crippen molar-refractivity contribution in [1.82, 2.24) is 4.98 Å². The van der Waals surface area contributed by atoms with Crippen molar-refractivity contribution in [2.24, 2.45) is 0 Å². The number of pyridine rings is 1. The minimum absolute atomic E-state index is 0.428. The van der Waals surface area contributed by atoms with E-state index in [0.29, 0.717) is 12.5 Å². The molecule has 0 bridgehead atoms. The molecule has 1 aromatic carbocycles. The highest BCUT2D eigenvalue weighted by Gasteiger charge is 2.11. The lowest BCUT2D eigenvalue weighted by atomic mass is 10.0. The van der Waals surface area contributed by atoms with Crippen LogP contribution in [0.15, 0.2) is 24.4 Å². The van der Waals surface area contributed by atoms with E-state index in [1.807, 2.05) is 13.8 Å². The molecule has 21 heavy (non-hydrogen) atoms. The van der Waals surface area contributed by atoms with Gasteiger partial charge in [-0.2, -0.15) is 0 Å². The number of nitrogen functional groups attached to an aromatic ring is 1. The molecule has 2 rings (SSSR count). The van der Waals surface area contributed by atoms with Crippen molar-refractivity contribution in [2.75, 3.05) is 5.73 Å². The van der Waals surface area contributed by atoms with Crippen LogP contribution in [-0.4, -0.2) is 4.98 Å². The van der Waals surface area contributed by atoms with Gasteiger partial charge in [-0.1, -0.05) is 26.0 Å². The van der Waals surface area contributed by atoms with Crippen LogP contribution in [0.25, 0.3) is 0 Å². The number of aryl methyl sites for hydroxylation is 2. The molecule has 0 aliphatic heterocycles. The van der Waals surface area contributed by atoms with Gasteiger partial charge < -0.3 is 10.5 Å². The van der Waals surface area contributed by atoms with E-state index in [4.69, 9.17) is 10.5 Å². The molecule has 0 unspecified atom stereocenters. The van der Waals surface area contributed by atoms with Crippen LogP contribution in [0.1, 0.15) is 47.7 Å². The van der Waals surface area contributed by atoms with E-state index in [9.17, 15) is 0 Å². The number of aromatic nitrogens is 1. The van der Waals surface area contributed by atoms with E-state index in [1.165, 1.54) is 11.1 Å². The average Bonchev–Trinajstić information content (AvgIpc) is 2.44. The van der Waals surface area contributed by atoms with Gasteiger partial charge in [-0.25, -0.2) is 0 Å². The quantitative estimate of drug-likeness (QED) is 0.911. The minimum atomic E-state index is 0.428. The minimum Gasteiger partial charge on any atom is -0.487 e. The zero-order valence-corrected chi connectivity index (χ0v) is 13.5. The fraction of sp³-hybridized carbons (Fsp3) is 0.389. The number of nitrogens with two attached hydrogens (primary N) is 1. The molecule has 0 aliphatic carbocycles. The summed E-state index contributed by atoms with van der Waals surface area (Å²) in [5.74, 6) is 1.36. The van der Waals surface area contributed by atoms with Crippen LogP contribution in [0.2, 0.25) is 0 Å². The number of hydrogen-bond donors (Lipinski definition) is 1. The molecule has 0 spiro atoms. The second-order valence-corrected chi connectivity index (χ2v) is 5.91. The second kappa shape index (κ2) is 6.17. The van der Waals surface area contributed by atoms with Gasteiger partial charge >= 0.3 is 0 Å². The van der Waals surface area contributed by atoms with Gasteiger partial charge in [-0.3, -0.25) is 4.98 Å². The molecule has 112 valence electrons. The Hall–Kier alpha value is -2.03. The number of ether oxygens (including phenoxy) is 1. The fourth-order valence-corrected chi connectivity index (χ4v) is 2.33. The summed E-state index contributed by atoms with van der Waals surface area (Å²) in [6.07, 6.45) is 1.81. The first kappa shape index (κ1) is 15.4. The van der Waals surface area contributed by atoms with E-state index < -0.39 is 0 Å². The van der Waals surface area contributed by atoms with Crippen LogP contribution in [0.3, 0.4) is 0 Å². The van der Waals surface area contributed by atoms with Crippen LogP contribution in [-0.2, 0) is 6.61 Å². The lowest BCUT2D eigenvalue weighted by Gasteiger charge is -2.16. The van der Waals surface area contributed by atoms with Crippen LogP contribution in [0, 0.1) is 20.8 Å². The van der Waals surface area contributed by atoms with E-state index in [2.05, 4.69) is 44.0 Å². The van der Waals surface area contributed by atoms with Gasteiger partial charge in [0.05, 0.1) is 5.69 Å². The van der Waals surface area contributed by atoms with Gasteiger partial charge in [0.15, 0.2) is 0 Å². The Morgan fingerprint density at radius 3 is 2.57 bits per heavy atom. The molecule has 3 heteroatoms. The average molecular weight is 284 g/mol. The highest BCUT2D eigenvalue weighted by Crippen LogP contribution is 2.28. The highest BCUT2D eigenvalue weighted by molar-refractivity contribution is 5.53. The smallest absolute Gasteiger partial charge is 0.131 e. The fourth-order valence-electron chi connectivity index (χ4n) is 2.33. The Bertz CT molecular complexity index is 648. The molecule has 2 N–H and O–H groups in total. The molecule has 1 heterocycles. The van der Waals surface area contributed by atoms with Crippen molar-refractivity contribution >= 4 is 5.69 Å². The van der Waals surface area contributed by atoms with Crippen LogP contribution in [0.4, 0.5) is 5.69 Å². The lowest BCUT2D eigenvalue weighted by Crippen LogP contribution is -2.06. The predicted molar refractivity (Wildman–Crippen MR) is 87.7 cm³/mol. The third kappa shape index (κ3) is 3.35. The van der Waals surface area contributed by atoms with Crippen molar-refractivity contribution in [2.45, 2.75) is 47.1 Å². The van der Waals surface area contributed by atoms with Crippen molar-refractivity contribution in [3.63, 3.8) is 0 Å². The molecule has 0 saturated carbocycles. The molecule has 0 saturated heterocycles. The first-order valence-corrected chi connectivity index (χ1v) is 7.34. The zero-order valence-electron chi connectivity index (χ0n) is 13.5. The van der Waals surface area contributed by atoms with Crippen molar-refractivity contribution in [3.8, 4) is 5.75 Å². The second-order valence-electron chi connectivity index (χ2n) is 5.91. The summed E-state index contributed by atoms with van der Waals surface area (Å²) in [5, 5.41) is 0. The number of anilines is 1. The normalized spacial score (nSPS) is 11.0. The van der Waals surface area contributed by atoms with Gasteiger partial charge in [-0.05, 0) is 55.0 Å². The Kier molecular flexibility index (Phi) is 4.51. The van der Waals surface area contributed by atoms with E-state index in [0.717, 1.165) is 28.3 Å². The van der Waals surface area contributed by atoms with E-state index in [-0.39, 0.29) is 0 Å². The van der Waals surface area contributed by atoms with Crippen LogP contribution < -0.4 is 10.5 Å². The number of benzene rings is 1. The maximum atomic E-state index is 6.06. The van der Waals surface area contributed by atoms with E-state index >= 15 is 0 Å². The number of hydrogen-bond acceptors (Lipinski definition) is 3. The highest BCUT2D eigenvalue weighted by atomic mass is 16.5. The van der Waals surface area contributed by atoms with Crippen molar-refractivity contribution in [3.05, 3.63) is 52.3 Å². The molecule has 0 amide bonds. The summed E-state index contributed by atoms with van der Waals surface area (Å²) in [4.78, 5) is 4.45. The molecular weight excluding hydrogens is 260 g/mol. The first-order chi connectivity index (χ1) is 9.90. The molecule has 1 aromatic heterocycles. The Morgan fingerprint density at radius 1 is 1.19 bits per heavy atom. The molecule has 0 radical (unpaired) electrons. The number of nitrogens with zero attached hydrogens (tertiary/aromatic N) is 1. The summed E-state index contributed by atoms with van der Waals surface area (Å²) in [6, 6.07) is 6.34. The van der Waals surface area contributed by atoms with Gasteiger partial charge in [0.1, 0.15) is 12.4 Å². The van der Waals surface area contributed by atoms with Gasteiger partial charge in [0, 0.05) is 11.9 Å². The topological polar surface area (TPSA) is 48.1 Å². The van der Waals surface area contributed by atoms with Crippen LogP contribution >= 0.6 is 0 Å². The standard InChI is InChI=1S/C18H24N2O/c1-11(2)15-7-6-12(3)8-17(15)21-10-16-14(5)18(19)13(4)9-20-16/h6-9,11H,10H2,1-5H3,(H2,19,20). The Labute approximate surface area is 127 Å². The van der Waals surface area contributed by atoms with Gasteiger partial charge in [0.2, 0.25) is 0 Å². The third-order valence-electron chi connectivity index (χ3n) is 3.83. The monoisotopic (exact) mass is 284 g/mol. The molecule has 2 aromatic rings. The van der Waals surface area contributed by atoms with Gasteiger partial charge in [0.25, 0.3) is 0 Å². The zero-order chi connectivity index (χ0) is 15.6. The van der Waals surface area contributed by atoms with Crippen LogP contribution in [0.5, 0.6) is 5.75 Å². The summed E-state index contributed by atoms with van der Waals surface area (Å²) < 4.78 is 6.02. The maximum absolute atomic E-state index is 6.06. The van der Waals surface area contributed by atoms with E-state index in [1.54, 1.807) is 6.20 Å². The molecule has 0 atom stereocenters. The van der Waals surface area contributed by atoms with Crippen molar-refractivity contribution < 1.29 is 4.74 Å². The van der Waals surface area contributed by atoms with Gasteiger partial charge in [-0.15, -0.1) is 0 Å². The molecule has 0 aliphatic rings. The predicted octanol–water partition coefficient (Wildman–Crippen LogP) is 4.29. The summed E-state index contributed by atoms with van der Waals surface area (Å²) in [5.41, 5.74) is 12.2. The summed E-state index contributed by atoms with van der Waals surface area (Å²) >= 11 is 0. The number of rotatable bonds is 4. The summed E-state index contributed by atoms with van der Waals surface area (Å²) in [6.45, 7) is 10.8.